The Labute approximate surface area is 130 Å². The summed E-state index contributed by atoms with van der Waals surface area (Å²) >= 11 is 0. The van der Waals surface area contributed by atoms with Crippen molar-refractivity contribution >= 4 is 0 Å². The van der Waals surface area contributed by atoms with E-state index in [1.54, 1.807) is 0 Å². The van der Waals surface area contributed by atoms with Crippen LogP contribution >= 0.6 is 0 Å². The van der Waals surface area contributed by atoms with Gasteiger partial charge in [-0.1, -0.05) is 63.9 Å². The van der Waals surface area contributed by atoms with Gasteiger partial charge in [-0.15, -0.1) is 0 Å². The Morgan fingerprint density at radius 1 is 1.24 bits per heavy atom. The summed E-state index contributed by atoms with van der Waals surface area (Å²) in [6.45, 7) is 8.04. The average molecular weight is 288 g/mol. The summed E-state index contributed by atoms with van der Waals surface area (Å²) in [6, 6.07) is 11.3. The van der Waals surface area contributed by atoms with Gasteiger partial charge < -0.3 is 10.6 Å². The van der Waals surface area contributed by atoms with E-state index in [9.17, 15) is 0 Å². The van der Waals surface area contributed by atoms with Crippen LogP contribution < -0.4 is 5.73 Å². The first-order valence-corrected chi connectivity index (χ1v) is 8.41. The minimum Gasteiger partial charge on any atom is -0.323 e. The number of benzene rings is 1. The molecule has 0 aromatic heterocycles. The molecule has 2 heteroatoms. The molecule has 1 aliphatic rings. The fraction of sp³-hybridized carbons (Fsp3) is 0.684. The molecule has 0 saturated heterocycles. The van der Waals surface area contributed by atoms with Gasteiger partial charge in [-0.2, -0.15) is 0 Å². The predicted molar refractivity (Wildman–Crippen MR) is 91.2 cm³/mol. The van der Waals surface area contributed by atoms with Crippen LogP contribution in [0.15, 0.2) is 30.3 Å². The molecule has 2 N–H and O–H groups in total. The molecular weight excluding hydrogens is 256 g/mol. The predicted octanol–water partition coefficient (Wildman–Crippen LogP) is 4.22. The third kappa shape index (κ3) is 4.31. The van der Waals surface area contributed by atoms with Crippen LogP contribution in [0.1, 0.15) is 58.1 Å². The Kier molecular flexibility index (Phi) is 5.45. The fourth-order valence-corrected chi connectivity index (χ4v) is 3.78. The Bertz CT molecular complexity index is 426. The maximum atomic E-state index is 6.55. The summed E-state index contributed by atoms with van der Waals surface area (Å²) in [7, 11) is 2.28. The second-order valence-electron chi connectivity index (χ2n) is 7.72. The Morgan fingerprint density at radius 2 is 1.90 bits per heavy atom. The third-order valence-electron chi connectivity index (χ3n) is 5.19. The highest BCUT2D eigenvalue weighted by Crippen LogP contribution is 2.34. The molecule has 0 bridgehead atoms. The molecule has 1 aliphatic carbocycles. The van der Waals surface area contributed by atoms with E-state index in [-0.39, 0.29) is 11.5 Å². The molecule has 1 aromatic carbocycles. The van der Waals surface area contributed by atoms with E-state index in [0.717, 1.165) is 18.5 Å². The van der Waals surface area contributed by atoms with Crippen molar-refractivity contribution in [2.75, 3.05) is 13.6 Å². The maximum absolute atomic E-state index is 6.55. The lowest BCUT2D eigenvalue weighted by atomic mass is 9.79. The van der Waals surface area contributed by atoms with Crippen molar-refractivity contribution in [2.24, 2.45) is 17.1 Å². The highest BCUT2D eigenvalue weighted by molar-refractivity contribution is 5.20. The van der Waals surface area contributed by atoms with E-state index >= 15 is 0 Å². The smallest absolute Gasteiger partial charge is 0.0359 e. The average Bonchev–Trinajstić information content (AvgIpc) is 2.47. The van der Waals surface area contributed by atoms with Gasteiger partial charge in [0.1, 0.15) is 0 Å². The van der Waals surface area contributed by atoms with Crippen molar-refractivity contribution in [1.29, 1.82) is 0 Å². The highest BCUT2D eigenvalue weighted by atomic mass is 15.1. The van der Waals surface area contributed by atoms with Crippen LogP contribution in [-0.2, 0) is 0 Å². The van der Waals surface area contributed by atoms with Gasteiger partial charge in [0.2, 0.25) is 0 Å². The molecule has 0 aliphatic heterocycles. The monoisotopic (exact) mass is 288 g/mol. The zero-order valence-electron chi connectivity index (χ0n) is 14.2. The molecule has 21 heavy (non-hydrogen) atoms. The van der Waals surface area contributed by atoms with E-state index in [4.69, 9.17) is 5.73 Å². The fourth-order valence-electron chi connectivity index (χ4n) is 3.78. The Balaban J connectivity index is 1.99. The summed E-state index contributed by atoms with van der Waals surface area (Å²) < 4.78 is 0. The highest BCUT2D eigenvalue weighted by Gasteiger charge is 2.32. The van der Waals surface area contributed by atoms with Crippen LogP contribution in [0.25, 0.3) is 0 Å². The van der Waals surface area contributed by atoms with E-state index in [1.807, 2.05) is 0 Å². The number of nitrogens with zero attached hydrogens (tertiary/aromatic N) is 1. The van der Waals surface area contributed by atoms with Crippen molar-refractivity contribution in [3.8, 4) is 0 Å². The molecule has 3 atom stereocenters. The van der Waals surface area contributed by atoms with Crippen LogP contribution in [0, 0.1) is 11.3 Å². The molecule has 0 spiro atoms. The lowest BCUT2D eigenvalue weighted by Gasteiger charge is -2.41. The van der Waals surface area contributed by atoms with Gasteiger partial charge in [-0.25, -0.2) is 0 Å². The first-order chi connectivity index (χ1) is 9.90. The quantitative estimate of drug-likeness (QED) is 0.879. The number of nitrogens with two attached hydrogens (primary N) is 1. The molecule has 2 rings (SSSR count). The standard InChI is InChI=1S/C19H32N2/c1-15-9-8-12-17(13-15)21(4)14-19(2,3)18(20)16-10-6-5-7-11-16/h5-7,10-11,15,17-18H,8-9,12-14,20H2,1-4H3. The van der Waals surface area contributed by atoms with Gasteiger partial charge >= 0.3 is 0 Å². The van der Waals surface area contributed by atoms with Crippen molar-refractivity contribution in [2.45, 2.75) is 58.5 Å². The number of rotatable bonds is 5. The lowest BCUT2D eigenvalue weighted by molar-refractivity contribution is 0.103. The van der Waals surface area contributed by atoms with Gasteiger partial charge in [0.05, 0.1) is 0 Å². The zero-order chi connectivity index (χ0) is 15.5. The van der Waals surface area contributed by atoms with Crippen LogP contribution in [-0.4, -0.2) is 24.5 Å². The zero-order valence-corrected chi connectivity index (χ0v) is 14.2. The summed E-state index contributed by atoms with van der Waals surface area (Å²) in [5.74, 6) is 0.872. The maximum Gasteiger partial charge on any atom is 0.0359 e. The summed E-state index contributed by atoms with van der Waals surface area (Å²) in [5, 5.41) is 0. The van der Waals surface area contributed by atoms with E-state index < -0.39 is 0 Å². The molecule has 118 valence electrons. The van der Waals surface area contributed by atoms with Crippen molar-refractivity contribution in [3.05, 3.63) is 35.9 Å². The number of hydrogen-bond acceptors (Lipinski definition) is 2. The Morgan fingerprint density at radius 3 is 2.52 bits per heavy atom. The minimum absolute atomic E-state index is 0.0801. The third-order valence-corrected chi connectivity index (χ3v) is 5.19. The molecule has 1 aromatic rings. The molecule has 3 unspecified atom stereocenters. The second kappa shape index (κ2) is 6.93. The van der Waals surface area contributed by atoms with Crippen LogP contribution in [0.3, 0.4) is 0 Å². The van der Waals surface area contributed by atoms with E-state index in [1.165, 1.54) is 31.2 Å². The molecule has 2 nitrogen and oxygen atoms in total. The van der Waals surface area contributed by atoms with Crippen LogP contribution in [0.5, 0.6) is 0 Å². The van der Waals surface area contributed by atoms with Crippen LogP contribution in [0.4, 0.5) is 0 Å². The summed E-state index contributed by atoms with van der Waals surface area (Å²) in [5.41, 5.74) is 7.87. The summed E-state index contributed by atoms with van der Waals surface area (Å²) in [4.78, 5) is 2.55. The first kappa shape index (κ1) is 16.5. The van der Waals surface area contributed by atoms with Gasteiger partial charge in [0.15, 0.2) is 0 Å². The van der Waals surface area contributed by atoms with Gasteiger partial charge in [0, 0.05) is 18.6 Å². The van der Waals surface area contributed by atoms with Gasteiger partial charge in [-0.05, 0) is 36.8 Å². The summed E-state index contributed by atoms with van der Waals surface area (Å²) in [6.07, 6.45) is 5.46. The molecule has 1 fully saturated rings. The normalized spacial score (nSPS) is 25.0. The Hall–Kier alpha value is -0.860. The number of hydrogen-bond donors (Lipinski definition) is 1. The van der Waals surface area contributed by atoms with Crippen molar-refractivity contribution in [1.82, 2.24) is 4.90 Å². The second-order valence-corrected chi connectivity index (χ2v) is 7.72. The molecule has 1 saturated carbocycles. The molecular formula is C19H32N2. The topological polar surface area (TPSA) is 29.3 Å². The van der Waals surface area contributed by atoms with E-state index in [0.29, 0.717) is 0 Å². The largest absolute Gasteiger partial charge is 0.323 e. The molecule has 0 amide bonds. The van der Waals surface area contributed by atoms with Crippen molar-refractivity contribution < 1.29 is 0 Å². The van der Waals surface area contributed by atoms with Crippen LogP contribution in [0.2, 0.25) is 0 Å². The molecule has 0 radical (unpaired) electrons. The van der Waals surface area contributed by atoms with Gasteiger partial charge in [-0.3, -0.25) is 0 Å². The first-order valence-electron chi connectivity index (χ1n) is 8.41. The van der Waals surface area contributed by atoms with Gasteiger partial charge in [0.25, 0.3) is 0 Å². The lowest BCUT2D eigenvalue weighted by Crippen LogP contribution is -2.44. The van der Waals surface area contributed by atoms with E-state index in [2.05, 4.69) is 63.1 Å². The minimum atomic E-state index is 0.0801. The SMILES string of the molecule is CC1CCCC(N(C)CC(C)(C)C(N)c2ccccc2)C1. The molecule has 0 heterocycles. The van der Waals surface area contributed by atoms with Crippen molar-refractivity contribution in [3.63, 3.8) is 0 Å².